The summed E-state index contributed by atoms with van der Waals surface area (Å²) in [5, 5.41) is 0.755. The SMILES string of the molecule is Cc1nc(N2CCC3(CC2)CN(CC2C=CCOC2)C3)c2cc(CC(F)(F)F)sc2n1. The lowest BCUT2D eigenvalue weighted by molar-refractivity contribution is -0.126. The molecule has 9 heteroatoms. The number of rotatable bonds is 4. The minimum atomic E-state index is -4.21. The lowest BCUT2D eigenvalue weighted by Crippen LogP contribution is -2.61. The van der Waals surface area contributed by atoms with Crippen molar-refractivity contribution in [2.75, 3.05) is 50.8 Å². The molecule has 1 unspecified atom stereocenters. The van der Waals surface area contributed by atoms with Crippen LogP contribution < -0.4 is 4.90 Å². The van der Waals surface area contributed by atoms with Crippen molar-refractivity contribution in [2.45, 2.75) is 32.4 Å². The van der Waals surface area contributed by atoms with Crippen LogP contribution in [-0.2, 0) is 11.2 Å². The first-order valence-corrected chi connectivity index (χ1v) is 11.7. The van der Waals surface area contributed by atoms with E-state index >= 15 is 0 Å². The number of piperidine rings is 1. The number of likely N-dealkylation sites (tertiary alicyclic amines) is 1. The van der Waals surface area contributed by atoms with Gasteiger partial charge in [-0.3, -0.25) is 0 Å². The highest BCUT2D eigenvalue weighted by Gasteiger charge is 2.45. The van der Waals surface area contributed by atoms with Gasteiger partial charge in [0, 0.05) is 43.5 Å². The predicted octanol–water partition coefficient (Wildman–Crippen LogP) is 4.21. The lowest BCUT2D eigenvalue weighted by Gasteiger charge is -2.55. The number of alkyl halides is 3. The van der Waals surface area contributed by atoms with Gasteiger partial charge in [0.15, 0.2) is 0 Å². The van der Waals surface area contributed by atoms with E-state index in [9.17, 15) is 13.2 Å². The minimum absolute atomic E-state index is 0.299. The quantitative estimate of drug-likeness (QED) is 0.650. The summed E-state index contributed by atoms with van der Waals surface area (Å²) in [5.74, 6) is 1.90. The molecule has 2 aromatic rings. The number of aromatic nitrogens is 2. The smallest absolute Gasteiger partial charge is 0.377 e. The van der Waals surface area contributed by atoms with E-state index in [0.717, 1.165) is 81.3 Å². The average molecular weight is 453 g/mol. The second kappa shape index (κ2) is 8.01. The Morgan fingerprint density at radius 3 is 2.68 bits per heavy atom. The van der Waals surface area contributed by atoms with Gasteiger partial charge in [-0.05, 0) is 31.2 Å². The third-order valence-corrected chi connectivity index (χ3v) is 7.63. The molecule has 5 nitrogen and oxygen atoms in total. The number of aryl methyl sites for hydroxylation is 1. The molecule has 5 rings (SSSR count). The summed E-state index contributed by atoms with van der Waals surface area (Å²) in [6.45, 7) is 8.43. The molecule has 5 heterocycles. The number of ether oxygens (including phenoxy) is 1. The van der Waals surface area contributed by atoms with Crippen LogP contribution in [0.1, 0.15) is 23.5 Å². The van der Waals surface area contributed by atoms with Gasteiger partial charge in [0.2, 0.25) is 0 Å². The molecule has 0 N–H and O–H groups in total. The summed E-state index contributed by atoms with van der Waals surface area (Å²) >= 11 is 1.13. The van der Waals surface area contributed by atoms with Crippen molar-refractivity contribution in [1.82, 2.24) is 14.9 Å². The second-order valence-corrected chi connectivity index (χ2v) is 10.3. The lowest BCUT2D eigenvalue weighted by atomic mass is 9.71. The van der Waals surface area contributed by atoms with Crippen LogP contribution in [0.2, 0.25) is 0 Å². The molecule has 0 bridgehead atoms. The van der Waals surface area contributed by atoms with E-state index in [0.29, 0.717) is 26.9 Å². The van der Waals surface area contributed by atoms with E-state index in [1.807, 2.05) is 6.92 Å². The molecule has 0 aliphatic carbocycles. The summed E-state index contributed by atoms with van der Waals surface area (Å²) in [6.07, 6.45) is 1.43. The molecule has 3 aliphatic heterocycles. The van der Waals surface area contributed by atoms with E-state index in [-0.39, 0.29) is 0 Å². The van der Waals surface area contributed by atoms with E-state index in [4.69, 9.17) is 4.74 Å². The van der Waals surface area contributed by atoms with Crippen LogP contribution in [0.3, 0.4) is 0 Å². The summed E-state index contributed by atoms with van der Waals surface area (Å²) in [5.41, 5.74) is 0.368. The van der Waals surface area contributed by atoms with Crippen molar-refractivity contribution in [3.8, 4) is 0 Å². The Morgan fingerprint density at radius 1 is 1.23 bits per heavy atom. The molecule has 2 saturated heterocycles. The topological polar surface area (TPSA) is 41.5 Å². The highest BCUT2D eigenvalue weighted by molar-refractivity contribution is 7.18. The van der Waals surface area contributed by atoms with Crippen LogP contribution in [0.25, 0.3) is 10.2 Å². The number of nitrogens with zero attached hydrogens (tertiary/aromatic N) is 4. The van der Waals surface area contributed by atoms with Crippen LogP contribution in [0.15, 0.2) is 18.2 Å². The fourth-order valence-corrected chi connectivity index (χ4v) is 6.26. The van der Waals surface area contributed by atoms with Crippen LogP contribution >= 0.6 is 11.3 Å². The molecule has 0 saturated carbocycles. The minimum Gasteiger partial charge on any atom is -0.377 e. The van der Waals surface area contributed by atoms with Crippen LogP contribution in [0.5, 0.6) is 0 Å². The van der Waals surface area contributed by atoms with E-state index in [2.05, 4.69) is 31.9 Å². The van der Waals surface area contributed by atoms with Crippen molar-refractivity contribution in [3.05, 3.63) is 28.9 Å². The average Bonchev–Trinajstić information content (AvgIpc) is 3.07. The summed E-state index contributed by atoms with van der Waals surface area (Å²) in [6, 6.07) is 1.64. The normalized spacial score (nSPS) is 24.1. The molecule has 1 atom stereocenters. The zero-order valence-electron chi connectivity index (χ0n) is 17.6. The number of hydrogen-bond donors (Lipinski definition) is 0. The van der Waals surface area contributed by atoms with Crippen LogP contribution in [-0.4, -0.2) is 67.0 Å². The van der Waals surface area contributed by atoms with Crippen molar-refractivity contribution in [3.63, 3.8) is 0 Å². The van der Waals surface area contributed by atoms with Gasteiger partial charge in [0.25, 0.3) is 0 Å². The molecule has 1 spiro atoms. The van der Waals surface area contributed by atoms with Gasteiger partial charge in [-0.25, -0.2) is 9.97 Å². The Balaban J connectivity index is 1.24. The Morgan fingerprint density at radius 2 is 2.00 bits per heavy atom. The number of halogens is 3. The molecule has 168 valence electrons. The van der Waals surface area contributed by atoms with Gasteiger partial charge in [-0.1, -0.05) is 12.2 Å². The van der Waals surface area contributed by atoms with Gasteiger partial charge >= 0.3 is 6.18 Å². The van der Waals surface area contributed by atoms with Gasteiger partial charge in [-0.2, -0.15) is 13.2 Å². The Labute approximate surface area is 183 Å². The number of hydrogen-bond acceptors (Lipinski definition) is 6. The van der Waals surface area contributed by atoms with Gasteiger partial charge in [0.05, 0.1) is 25.0 Å². The van der Waals surface area contributed by atoms with Crippen molar-refractivity contribution >= 4 is 27.4 Å². The van der Waals surface area contributed by atoms with Crippen molar-refractivity contribution < 1.29 is 17.9 Å². The summed E-state index contributed by atoms with van der Waals surface area (Å²) < 4.78 is 44.1. The predicted molar refractivity (Wildman–Crippen MR) is 116 cm³/mol. The fraction of sp³-hybridized carbons (Fsp3) is 0.636. The van der Waals surface area contributed by atoms with Gasteiger partial charge in [0.1, 0.15) is 16.5 Å². The maximum Gasteiger partial charge on any atom is 0.393 e. The maximum atomic E-state index is 12.9. The maximum absolute atomic E-state index is 12.9. The molecular weight excluding hydrogens is 425 g/mol. The Kier molecular flexibility index (Phi) is 5.46. The zero-order valence-corrected chi connectivity index (χ0v) is 18.4. The van der Waals surface area contributed by atoms with E-state index in [1.54, 1.807) is 6.07 Å². The number of fused-ring (bicyclic) bond motifs is 1. The first-order valence-electron chi connectivity index (χ1n) is 10.8. The second-order valence-electron chi connectivity index (χ2n) is 9.20. The van der Waals surface area contributed by atoms with E-state index in [1.165, 1.54) is 0 Å². The molecule has 0 amide bonds. The third-order valence-electron chi connectivity index (χ3n) is 6.60. The van der Waals surface area contributed by atoms with Gasteiger partial charge in [-0.15, -0.1) is 11.3 Å². The molecule has 2 aromatic heterocycles. The number of thiophene rings is 1. The Hall–Kier alpha value is -1.71. The van der Waals surface area contributed by atoms with Crippen LogP contribution in [0, 0.1) is 18.3 Å². The Bertz CT molecular complexity index is 973. The van der Waals surface area contributed by atoms with Crippen molar-refractivity contribution in [2.24, 2.45) is 11.3 Å². The highest BCUT2D eigenvalue weighted by atomic mass is 32.1. The van der Waals surface area contributed by atoms with Crippen molar-refractivity contribution in [1.29, 1.82) is 0 Å². The first kappa shape index (κ1) is 21.2. The van der Waals surface area contributed by atoms with Gasteiger partial charge < -0.3 is 14.5 Å². The standard InChI is InChI=1S/C22H27F3N4OS/c1-15-26-19(18-9-17(10-22(23,24)25)31-20(18)27-15)29-6-4-21(5-7-29)13-28(14-21)11-16-3-2-8-30-12-16/h2-3,9,16H,4-8,10-14H2,1H3. The summed E-state index contributed by atoms with van der Waals surface area (Å²) in [7, 11) is 0. The fourth-order valence-electron chi connectivity index (χ4n) is 5.16. The zero-order chi connectivity index (χ0) is 21.6. The molecular formula is C22H27F3N4OS. The highest BCUT2D eigenvalue weighted by Crippen LogP contribution is 2.43. The molecule has 0 aromatic carbocycles. The third kappa shape index (κ3) is 4.59. The molecule has 3 aliphatic rings. The largest absolute Gasteiger partial charge is 0.393 e. The number of anilines is 1. The first-order chi connectivity index (χ1) is 14.8. The molecule has 0 radical (unpaired) electrons. The van der Waals surface area contributed by atoms with E-state index < -0.39 is 12.6 Å². The van der Waals surface area contributed by atoms with Crippen LogP contribution in [0.4, 0.5) is 19.0 Å². The molecule has 31 heavy (non-hydrogen) atoms. The summed E-state index contributed by atoms with van der Waals surface area (Å²) in [4.78, 5) is 14.7. The molecule has 2 fully saturated rings. The monoisotopic (exact) mass is 452 g/mol.